The fourth-order valence-electron chi connectivity index (χ4n) is 2.01. The molecular formula is C16H13NO3S3. The molecule has 1 aliphatic heterocycles. The number of hydrogen-bond acceptors (Lipinski definition) is 6. The zero-order valence-electron chi connectivity index (χ0n) is 12.2. The zero-order chi connectivity index (χ0) is 16.2. The van der Waals surface area contributed by atoms with Crippen molar-refractivity contribution >= 4 is 51.6 Å². The third-order valence-electron chi connectivity index (χ3n) is 3.08. The van der Waals surface area contributed by atoms with Gasteiger partial charge in [-0.1, -0.05) is 36.1 Å². The highest BCUT2D eigenvalue weighted by Gasteiger charge is 2.22. The molecule has 1 aliphatic rings. The molecule has 0 radical (unpaired) electrons. The van der Waals surface area contributed by atoms with Gasteiger partial charge in [0.25, 0.3) is 5.91 Å². The monoisotopic (exact) mass is 363 g/mol. The van der Waals surface area contributed by atoms with Gasteiger partial charge in [0, 0.05) is 4.88 Å². The Kier molecular flexibility index (Phi) is 5.00. The lowest BCUT2D eigenvalue weighted by atomic mass is 10.2. The van der Waals surface area contributed by atoms with Crippen LogP contribution in [0.1, 0.15) is 10.4 Å². The topological polar surface area (TPSA) is 47.6 Å². The van der Waals surface area contributed by atoms with E-state index in [1.165, 1.54) is 11.8 Å². The summed E-state index contributed by atoms with van der Waals surface area (Å²) in [7, 11) is 1.59. The number of thiophene rings is 1. The smallest absolute Gasteiger partial charge is 0.263 e. The Balaban J connectivity index is 1.78. The number of thiocarbonyl (C=S) groups is 1. The molecule has 1 fully saturated rings. The molecule has 0 unspecified atom stereocenters. The number of benzene rings is 1. The van der Waals surface area contributed by atoms with Gasteiger partial charge in [-0.2, -0.15) is 0 Å². The first-order valence-corrected chi connectivity index (χ1v) is 8.84. The predicted octanol–water partition coefficient (Wildman–Crippen LogP) is 3.82. The number of amides is 1. The molecule has 118 valence electrons. The highest BCUT2D eigenvalue weighted by Crippen LogP contribution is 2.32. The van der Waals surface area contributed by atoms with Crippen LogP contribution in [0, 0.1) is 0 Å². The first kappa shape index (κ1) is 16.0. The van der Waals surface area contributed by atoms with Crippen LogP contribution in [-0.4, -0.2) is 17.3 Å². The number of thioether (sulfide) groups is 1. The minimum absolute atomic E-state index is 0.169. The fourth-order valence-corrected chi connectivity index (χ4v) is 3.67. The standard InChI is InChI=1S/C16H13NO3S3/c1-19-13-7-10(8-14-15(18)17-16(21)23-14)4-5-12(13)20-9-11-3-2-6-22-11/h2-8H,9H2,1H3,(H,17,18,21)/b14-8-. The molecule has 1 saturated heterocycles. The summed E-state index contributed by atoms with van der Waals surface area (Å²) in [6, 6.07) is 9.58. The molecule has 4 nitrogen and oxygen atoms in total. The minimum atomic E-state index is -0.169. The minimum Gasteiger partial charge on any atom is -0.493 e. The quantitative estimate of drug-likeness (QED) is 0.646. The normalized spacial score (nSPS) is 15.8. The first-order chi connectivity index (χ1) is 11.2. The predicted molar refractivity (Wildman–Crippen MR) is 98.0 cm³/mol. The van der Waals surface area contributed by atoms with Gasteiger partial charge in [0.2, 0.25) is 0 Å². The Morgan fingerprint density at radius 1 is 1.30 bits per heavy atom. The molecule has 1 N–H and O–H groups in total. The van der Waals surface area contributed by atoms with E-state index in [1.807, 2.05) is 35.7 Å². The molecule has 3 rings (SSSR count). The van der Waals surface area contributed by atoms with Crippen LogP contribution in [0.2, 0.25) is 0 Å². The Bertz CT molecular complexity index is 769. The highest BCUT2D eigenvalue weighted by atomic mass is 32.2. The van der Waals surface area contributed by atoms with Crippen LogP contribution in [0.4, 0.5) is 0 Å². The molecule has 0 spiro atoms. The molecule has 23 heavy (non-hydrogen) atoms. The number of ether oxygens (including phenoxy) is 2. The van der Waals surface area contributed by atoms with Crippen LogP contribution in [0.15, 0.2) is 40.6 Å². The molecule has 0 atom stereocenters. The van der Waals surface area contributed by atoms with Crippen molar-refractivity contribution in [3.63, 3.8) is 0 Å². The summed E-state index contributed by atoms with van der Waals surface area (Å²) < 4.78 is 11.7. The average molecular weight is 363 g/mol. The maximum atomic E-state index is 11.7. The van der Waals surface area contributed by atoms with Crippen LogP contribution < -0.4 is 14.8 Å². The maximum Gasteiger partial charge on any atom is 0.263 e. The van der Waals surface area contributed by atoms with E-state index in [1.54, 1.807) is 24.5 Å². The van der Waals surface area contributed by atoms with Gasteiger partial charge in [0.15, 0.2) is 11.5 Å². The molecule has 1 aromatic carbocycles. The third-order valence-corrected chi connectivity index (χ3v) is 5.09. The third kappa shape index (κ3) is 3.93. The Hall–Kier alpha value is -1.83. The van der Waals surface area contributed by atoms with Crippen molar-refractivity contribution in [3.8, 4) is 11.5 Å². The van der Waals surface area contributed by atoms with Gasteiger partial charge >= 0.3 is 0 Å². The molecular weight excluding hydrogens is 350 g/mol. The zero-order valence-corrected chi connectivity index (χ0v) is 14.6. The van der Waals surface area contributed by atoms with Gasteiger partial charge in [0.1, 0.15) is 10.9 Å². The number of carbonyl (C=O) groups is 1. The lowest BCUT2D eigenvalue weighted by Crippen LogP contribution is -2.17. The summed E-state index contributed by atoms with van der Waals surface area (Å²) in [5, 5.41) is 4.61. The van der Waals surface area contributed by atoms with E-state index in [0.717, 1.165) is 10.4 Å². The second-order valence-corrected chi connectivity index (χ2v) is 7.38. The maximum absolute atomic E-state index is 11.7. The van der Waals surface area contributed by atoms with Crippen molar-refractivity contribution in [2.45, 2.75) is 6.61 Å². The van der Waals surface area contributed by atoms with Gasteiger partial charge < -0.3 is 14.8 Å². The Morgan fingerprint density at radius 2 is 2.17 bits per heavy atom. The summed E-state index contributed by atoms with van der Waals surface area (Å²) in [5.74, 6) is 1.13. The number of nitrogens with one attached hydrogen (secondary N) is 1. The van der Waals surface area contributed by atoms with Gasteiger partial charge in [-0.05, 0) is 35.2 Å². The molecule has 7 heteroatoms. The van der Waals surface area contributed by atoms with Crippen molar-refractivity contribution in [1.82, 2.24) is 5.32 Å². The van der Waals surface area contributed by atoms with Gasteiger partial charge in [-0.25, -0.2) is 0 Å². The second kappa shape index (κ2) is 7.16. The van der Waals surface area contributed by atoms with Crippen LogP contribution in [0.25, 0.3) is 6.08 Å². The lowest BCUT2D eigenvalue weighted by molar-refractivity contribution is -0.115. The molecule has 0 aliphatic carbocycles. The summed E-state index contributed by atoms with van der Waals surface area (Å²) >= 11 is 7.88. The average Bonchev–Trinajstić information content (AvgIpc) is 3.16. The van der Waals surface area contributed by atoms with Crippen LogP contribution >= 0.6 is 35.3 Å². The molecule has 1 amide bonds. The first-order valence-electron chi connectivity index (χ1n) is 6.74. The van der Waals surface area contributed by atoms with Crippen molar-refractivity contribution in [1.29, 1.82) is 0 Å². The van der Waals surface area contributed by atoms with E-state index in [4.69, 9.17) is 21.7 Å². The molecule has 2 heterocycles. The van der Waals surface area contributed by atoms with Crippen molar-refractivity contribution in [2.75, 3.05) is 7.11 Å². The van der Waals surface area contributed by atoms with Crippen LogP contribution in [0.5, 0.6) is 11.5 Å². The molecule has 2 aromatic rings. The number of carbonyl (C=O) groups excluding carboxylic acids is 1. The number of methoxy groups -OCH3 is 1. The van der Waals surface area contributed by atoms with Crippen molar-refractivity contribution in [2.24, 2.45) is 0 Å². The van der Waals surface area contributed by atoms with Gasteiger partial charge in [-0.15, -0.1) is 11.3 Å². The van der Waals surface area contributed by atoms with Crippen LogP contribution in [-0.2, 0) is 11.4 Å². The molecule has 0 bridgehead atoms. The lowest BCUT2D eigenvalue weighted by Gasteiger charge is -2.10. The number of hydrogen-bond donors (Lipinski definition) is 1. The summed E-state index contributed by atoms with van der Waals surface area (Å²) in [5.41, 5.74) is 0.854. The summed E-state index contributed by atoms with van der Waals surface area (Å²) in [4.78, 5) is 13.4. The van der Waals surface area contributed by atoms with E-state index in [2.05, 4.69) is 5.32 Å². The van der Waals surface area contributed by atoms with Crippen LogP contribution in [0.3, 0.4) is 0 Å². The van der Waals surface area contributed by atoms with Crippen molar-refractivity contribution in [3.05, 3.63) is 51.1 Å². The largest absolute Gasteiger partial charge is 0.493 e. The van der Waals surface area contributed by atoms with Gasteiger partial charge in [-0.3, -0.25) is 4.79 Å². The van der Waals surface area contributed by atoms with E-state index in [0.29, 0.717) is 27.3 Å². The Morgan fingerprint density at radius 3 is 2.83 bits per heavy atom. The molecule has 1 aromatic heterocycles. The SMILES string of the molecule is COc1cc(/C=C2\SC(=S)NC2=O)ccc1OCc1cccs1. The second-order valence-electron chi connectivity index (χ2n) is 4.63. The van der Waals surface area contributed by atoms with Gasteiger partial charge in [0.05, 0.1) is 12.0 Å². The molecule has 0 saturated carbocycles. The van der Waals surface area contributed by atoms with E-state index < -0.39 is 0 Å². The Labute approximate surface area is 147 Å². The number of rotatable bonds is 5. The fraction of sp³-hybridized carbons (Fsp3) is 0.125. The van der Waals surface area contributed by atoms with E-state index in [-0.39, 0.29) is 5.91 Å². The van der Waals surface area contributed by atoms with E-state index in [9.17, 15) is 4.79 Å². The highest BCUT2D eigenvalue weighted by molar-refractivity contribution is 8.26. The summed E-state index contributed by atoms with van der Waals surface area (Å²) in [6.07, 6.45) is 1.78. The van der Waals surface area contributed by atoms with Crippen molar-refractivity contribution < 1.29 is 14.3 Å². The summed E-state index contributed by atoms with van der Waals surface area (Å²) in [6.45, 7) is 0.501. The van der Waals surface area contributed by atoms with E-state index >= 15 is 0 Å².